The molecule has 0 unspecified atom stereocenters. The van der Waals surface area contributed by atoms with Gasteiger partial charge >= 0.3 is 0 Å². The Bertz CT molecular complexity index is 1000. The van der Waals surface area contributed by atoms with Crippen LogP contribution in [0.5, 0.6) is 11.5 Å². The Morgan fingerprint density at radius 1 is 1.07 bits per heavy atom. The number of hydrogen-bond donors (Lipinski definition) is 1. The first kappa shape index (κ1) is 20.9. The second-order valence-electron chi connectivity index (χ2n) is 6.53. The van der Waals surface area contributed by atoms with Crippen LogP contribution in [-0.2, 0) is 14.8 Å². The van der Waals surface area contributed by atoms with Crippen LogP contribution in [0.1, 0.15) is 15.9 Å². The van der Waals surface area contributed by atoms with Crippen molar-refractivity contribution in [2.45, 2.75) is 11.8 Å². The molecule has 1 fully saturated rings. The summed E-state index contributed by atoms with van der Waals surface area (Å²) < 4.78 is 44.5. The molecule has 0 radical (unpaired) electrons. The van der Waals surface area contributed by atoms with Crippen molar-refractivity contribution in [3.8, 4) is 11.5 Å². The van der Waals surface area contributed by atoms with Crippen molar-refractivity contribution >= 4 is 21.6 Å². The topological polar surface area (TPSA) is 94.2 Å². The number of carbonyl (C=O) groups excluding carboxylic acids is 1. The first-order valence-corrected chi connectivity index (χ1v) is 10.6. The van der Waals surface area contributed by atoms with E-state index in [9.17, 15) is 13.2 Å². The van der Waals surface area contributed by atoms with Crippen LogP contribution in [0, 0.1) is 6.92 Å². The molecule has 0 spiro atoms. The molecule has 29 heavy (non-hydrogen) atoms. The van der Waals surface area contributed by atoms with E-state index in [1.54, 1.807) is 42.2 Å². The molecule has 1 aliphatic rings. The third kappa shape index (κ3) is 4.46. The minimum absolute atomic E-state index is 0.0452. The van der Waals surface area contributed by atoms with Crippen LogP contribution in [0.25, 0.3) is 0 Å². The van der Waals surface area contributed by atoms with Crippen LogP contribution in [0.15, 0.2) is 41.3 Å². The fourth-order valence-electron chi connectivity index (χ4n) is 3.15. The lowest BCUT2D eigenvalue weighted by Gasteiger charge is -2.27. The Morgan fingerprint density at radius 2 is 1.69 bits per heavy atom. The molecular weight excluding hydrogens is 396 g/mol. The monoisotopic (exact) mass is 420 g/mol. The van der Waals surface area contributed by atoms with Crippen LogP contribution in [0.2, 0.25) is 0 Å². The zero-order chi connectivity index (χ0) is 21.0. The van der Waals surface area contributed by atoms with Crippen LogP contribution in [-0.4, -0.2) is 59.7 Å². The molecule has 3 rings (SSSR count). The predicted molar refractivity (Wildman–Crippen MR) is 108 cm³/mol. The van der Waals surface area contributed by atoms with Gasteiger partial charge in [-0.25, -0.2) is 8.42 Å². The average molecular weight is 420 g/mol. The number of aryl methyl sites for hydroxylation is 1. The normalized spacial score (nSPS) is 14.4. The lowest BCUT2D eigenvalue weighted by Crippen LogP contribution is -2.41. The molecule has 156 valence electrons. The molecule has 9 heteroatoms. The minimum atomic E-state index is -3.97. The molecule has 1 saturated heterocycles. The number of hydrogen-bond acceptors (Lipinski definition) is 6. The zero-order valence-electron chi connectivity index (χ0n) is 16.6. The van der Waals surface area contributed by atoms with Gasteiger partial charge in [-0.2, -0.15) is 0 Å². The standard InChI is InChI=1S/C20H24N2O6S/c1-14-12-17(26-2)18(27-3)13-19(14)29(24,25)21-16-7-5-4-6-15(16)20(23)22-8-10-28-11-9-22/h4-7,12-13,21H,8-11H2,1-3H3. The summed E-state index contributed by atoms with van der Waals surface area (Å²) in [7, 11) is -1.05. The SMILES string of the molecule is COc1cc(C)c(S(=O)(=O)Nc2ccccc2C(=O)N2CCOCC2)cc1OC. The van der Waals surface area contributed by atoms with Gasteiger partial charge in [-0.15, -0.1) is 0 Å². The smallest absolute Gasteiger partial charge is 0.262 e. The fourth-order valence-corrected chi connectivity index (χ4v) is 4.47. The van der Waals surface area contributed by atoms with Crippen molar-refractivity contribution in [2.24, 2.45) is 0 Å². The Hall–Kier alpha value is -2.78. The summed E-state index contributed by atoms with van der Waals surface area (Å²) in [6.45, 7) is 3.53. The van der Waals surface area contributed by atoms with E-state index in [-0.39, 0.29) is 22.1 Å². The average Bonchev–Trinajstić information content (AvgIpc) is 2.73. The molecule has 1 N–H and O–H groups in total. The first-order valence-electron chi connectivity index (χ1n) is 9.09. The van der Waals surface area contributed by atoms with Gasteiger partial charge in [0.2, 0.25) is 0 Å². The summed E-state index contributed by atoms with van der Waals surface area (Å²) >= 11 is 0. The van der Waals surface area contributed by atoms with Crippen molar-refractivity contribution in [1.82, 2.24) is 4.90 Å². The zero-order valence-corrected chi connectivity index (χ0v) is 17.4. The first-order chi connectivity index (χ1) is 13.9. The van der Waals surface area contributed by atoms with E-state index in [0.29, 0.717) is 43.4 Å². The Morgan fingerprint density at radius 3 is 2.34 bits per heavy atom. The van der Waals surface area contributed by atoms with Crippen LogP contribution >= 0.6 is 0 Å². The van der Waals surface area contributed by atoms with Crippen molar-refractivity contribution in [1.29, 1.82) is 0 Å². The predicted octanol–water partition coefficient (Wildman–Crippen LogP) is 2.29. The van der Waals surface area contributed by atoms with Gasteiger partial charge in [-0.1, -0.05) is 12.1 Å². The number of methoxy groups -OCH3 is 2. The minimum Gasteiger partial charge on any atom is -0.493 e. The number of benzene rings is 2. The Kier molecular flexibility index (Phi) is 6.29. The number of rotatable bonds is 6. The van der Waals surface area contributed by atoms with Gasteiger partial charge in [-0.3, -0.25) is 9.52 Å². The number of carbonyl (C=O) groups is 1. The molecule has 1 aliphatic heterocycles. The molecule has 0 saturated carbocycles. The lowest BCUT2D eigenvalue weighted by atomic mass is 10.1. The number of morpholine rings is 1. The van der Waals surface area contributed by atoms with Gasteiger partial charge in [-0.05, 0) is 30.7 Å². The van der Waals surface area contributed by atoms with Crippen LogP contribution in [0.4, 0.5) is 5.69 Å². The third-order valence-corrected chi connectivity index (χ3v) is 6.18. The van der Waals surface area contributed by atoms with Gasteiger partial charge < -0.3 is 19.1 Å². The highest BCUT2D eigenvalue weighted by molar-refractivity contribution is 7.92. The van der Waals surface area contributed by atoms with Crippen molar-refractivity contribution in [2.75, 3.05) is 45.2 Å². The van der Waals surface area contributed by atoms with Gasteiger partial charge in [0.25, 0.3) is 15.9 Å². The van der Waals surface area contributed by atoms with Crippen molar-refractivity contribution < 1.29 is 27.4 Å². The maximum absolute atomic E-state index is 13.1. The maximum Gasteiger partial charge on any atom is 0.262 e. The summed E-state index contributed by atoms with van der Waals surface area (Å²) in [5, 5.41) is 0. The molecule has 1 amide bonds. The molecular formula is C20H24N2O6S. The van der Waals surface area contributed by atoms with E-state index < -0.39 is 10.0 Å². The summed E-state index contributed by atoms with van der Waals surface area (Å²) in [5.74, 6) is 0.499. The molecule has 0 aliphatic carbocycles. The number of ether oxygens (including phenoxy) is 3. The molecule has 0 atom stereocenters. The van der Waals surface area contributed by atoms with E-state index in [0.717, 1.165) is 0 Å². The van der Waals surface area contributed by atoms with Gasteiger partial charge in [0, 0.05) is 19.2 Å². The van der Waals surface area contributed by atoms with Gasteiger partial charge in [0.15, 0.2) is 11.5 Å². The quantitative estimate of drug-likeness (QED) is 0.771. The van der Waals surface area contributed by atoms with E-state index >= 15 is 0 Å². The van der Waals surface area contributed by atoms with E-state index in [1.807, 2.05) is 0 Å². The molecule has 0 bridgehead atoms. The summed E-state index contributed by atoms with van der Waals surface area (Å²) in [4.78, 5) is 14.6. The molecule has 2 aromatic carbocycles. The fraction of sp³-hybridized carbons (Fsp3) is 0.350. The molecule has 0 aromatic heterocycles. The van der Waals surface area contributed by atoms with E-state index in [2.05, 4.69) is 4.72 Å². The highest BCUT2D eigenvalue weighted by Gasteiger charge is 2.25. The molecule has 1 heterocycles. The lowest BCUT2D eigenvalue weighted by molar-refractivity contribution is 0.0303. The molecule has 8 nitrogen and oxygen atoms in total. The summed E-state index contributed by atoms with van der Waals surface area (Å²) in [5.41, 5.74) is 1.00. The van der Waals surface area contributed by atoms with Crippen molar-refractivity contribution in [3.63, 3.8) is 0 Å². The van der Waals surface area contributed by atoms with Crippen LogP contribution in [0.3, 0.4) is 0 Å². The van der Waals surface area contributed by atoms with Gasteiger partial charge in [0.05, 0.1) is 43.6 Å². The number of para-hydroxylation sites is 1. The van der Waals surface area contributed by atoms with Gasteiger partial charge in [0.1, 0.15) is 0 Å². The third-order valence-electron chi connectivity index (χ3n) is 4.67. The second kappa shape index (κ2) is 8.71. The Labute approximate surface area is 170 Å². The highest BCUT2D eigenvalue weighted by atomic mass is 32.2. The van der Waals surface area contributed by atoms with Crippen molar-refractivity contribution in [3.05, 3.63) is 47.5 Å². The largest absolute Gasteiger partial charge is 0.493 e. The van der Waals surface area contributed by atoms with Crippen LogP contribution < -0.4 is 14.2 Å². The van der Waals surface area contributed by atoms with E-state index in [4.69, 9.17) is 14.2 Å². The number of nitrogens with one attached hydrogen (secondary N) is 1. The number of nitrogens with zero attached hydrogens (tertiary/aromatic N) is 1. The summed E-state index contributed by atoms with van der Waals surface area (Å²) in [6.07, 6.45) is 0. The summed E-state index contributed by atoms with van der Waals surface area (Å²) in [6, 6.07) is 9.56. The maximum atomic E-state index is 13.1. The number of sulfonamides is 1. The second-order valence-corrected chi connectivity index (χ2v) is 8.18. The Balaban J connectivity index is 1.95. The number of anilines is 1. The molecule has 2 aromatic rings. The van der Waals surface area contributed by atoms with E-state index in [1.165, 1.54) is 20.3 Å². The highest BCUT2D eigenvalue weighted by Crippen LogP contribution is 2.33. The number of amides is 1.